The van der Waals surface area contributed by atoms with E-state index >= 15 is 0 Å². The highest BCUT2D eigenvalue weighted by Crippen LogP contribution is 2.20. The molecule has 0 aromatic heterocycles. The van der Waals surface area contributed by atoms with Gasteiger partial charge in [0.15, 0.2) is 0 Å². The third-order valence-electron chi connectivity index (χ3n) is 3.31. The van der Waals surface area contributed by atoms with E-state index in [9.17, 15) is 8.42 Å². The molecule has 2 aromatic rings. The van der Waals surface area contributed by atoms with Gasteiger partial charge in [-0.05, 0) is 48.7 Å². The Morgan fingerprint density at radius 2 is 1.76 bits per heavy atom. The number of nitrogens with one attached hydrogen (secondary N) is 1. The molecule has 2 rings (SSSR count). The number of sulfonamides is 1. The first-order chi connectivity index (χ1) is 9.91. The minimum atomic E-state index is -3.48. The van der Waals surface area contributed by atoms with Crippen molar-refractivity contribution in [1.82, 2.24) is 0 Å². The van der Waals surface area contributed by atoms with Gasteiger partial charge in [-0.3, -0.25) is 4.72 Å². The summed E-state index contributed by atoms with van der Waals surface area (Å²) in [5, 5.41) is 8.73. The van der Waals surface area contributed by atoms with Crippen LogP contribution >= 0.6 is 0 Å². The van der Waals surface area contributed by atoms with Gasteiger partial charge in [-0.15, -0.1) is 0 Å². The maximum absolute atomic E-state index is 12.2. The van der Waals surface area contributed by atoms with E-state index < -0.39 is 10.0 Å². The van der Waals surface area contributed by atoms with Gasteiger partial charge in [-0.25, -0.2) is 8.42 Å². The van der Waals surface area contributed by atoms with Crippen LogP contribution in [0.15, 0.2) is 42.5 Å². The van der Waals surface area contributed by atoms with Gasteiger partial charge in [0.1, 0.15) is 0 Å². The third kappa shape index (κ3) is 3.83. The summed E-state index contributed by atoms with van der Waals surface area (Å²) in [6.45, 7) is 3.82. The van der Waals surface area contributed by atoms with E-state index in [4.69, 9.17) is 5.26 Å². The maximum Gasteiger partial charge on any atom is 0.236 e. The van der Waals surface area contributed by atoms with E-state index in [2.05, 4.69) is 4.72 Å². The minimum absolute atomic E-state index is 0.119. The Morgan fingerprint density at radius 3 is 2.38 bits per heavy atom. The predicted molar refractivity (Wildman–Crippen MR) is 83.3 cm³/mol. The lowest BCUT2D eigenvalue weighted by Crippen LogP contribution is -2.16. The number of anilines is 1. The minimum Gasteiger partial charge on any atom is -0.283 e. The normalized spacial score (nSPS) is 10.9. The van der Waals surface area contributed by atoms with Crippen LogP contribution in [0.25, 0.3) is 0 Å². The van der Waals surface area contributed by atoms with Gasteiger partial charge in [0.2, 0.25) is 10.0 Å². The van der Waals surface area contributed by atoms with Crippen LogP contribution in [0.2, 0.25) is 0 Å². The summed E-state index contributed by atoms with van der Waals surface area (Å²) < 4.78 is 27.0. The van der Waals surface area contributed by atoms with Crippen LogP contribution in [-0.4, -0.2) is 8.42 Å². The summed E-state index contributed by atoms with van der Waals surface area (Å²) in [5.74, 6) is -0.119. The average Bonchev–Trinajstić information content (AvgIpc) is 2.44. The highest BCUT2D eigenvalue weighted by molar-refractivity contribution is 7.91. The number of hydrogen-bond acceptors (Lipinski definition) is 3. The molecule has 0 amide bonds. The van der Waals surface area contributed by atoms with Gasteiger partial charge in [-0.2, -0.15) is 5.26 Å². The standard InChI is InChI=1S/C16H16N2O2S/c1-12-4-3-5-16(13(12)2)18-21(19,20)11-15-8-6-14(10-17)7-9-15/h3-9,18H,11H2,1-2H3. The van der Waals surface area contributed by atoms with Crippen molar-refractivity contribution in [3.8, 4) is 6.07 Å². The van der Waals surface area contributed by atoms with Crippen molar-refractivity contribution >= 4 is 15.7 Å². The van der Waals surface area contributed by atoms with E-state index in [0.717, 1.165) is 11.1 Å². The van der Waals surface area contributed by atoms with Crippen LogP contribution in [0.5, 0.6) is 0 Å². The molecule has 0 saturated carbocycles. The Labute approximate surface area is 125 Å². The molecule has 0 fully saturated rings. The number of aryl methyl sites for hydroxylation is 1. The number of rotatable bonds is 4. The molecule has 0 spiro atoms. The molecule has 0 aliphatic rings. The number of hydrogen-bond donors (Lipinski definition) is 1. The Balaban J connectivity index is 2.18. The van der Waals surface area contributed by atoms with Crippen molar-refractivity contribution < 1.29 is 8.42 Å². The zero-order valence-corrected chi connectivity index (χ0v) is 12.7. The molecule has 0 heterocycles. The van der Waals surface area contributed by atoms with E-state index in [-0.39, 0.29) is 5.75 Å². The largest absolute Gasteiger partial charge is 0.283 e. The zero-order valence-electron chi connectivity index (χ0n) is 11.9. The van der Waals surface area contributed by atoms with Gasteiger partial charge >= 0.3 is 0 Å². The van der Waals surface area contributed by atoms with Gasteiger partial charge < -0.3 is 0 Å². The first kappa shape index (κ1) is 15.1. The molecule has 5 heteroatoms. The smallest absolute Gasteiger partial charge is 0.236 e. The summed E-state index contributed by atoms with van der Waals surface area (Å²) in [4.78, 5) is 0. The fourth-order valence-electron chi connectivity index (χ4n) is 1.96. The van der Waals surface area contributed by atoms with E-state index in [0.29, 0.717) is 16.8 Å². The summed E-state index contributed by atoms with van der Waals surface area (Å²) in [6, 6.07) is 14.0. The number of benzene rings is 2. The predicted octanol–water partition coefficient (Wildman–Crippen LogP) is 3.12. The van der Waals surface area contributed by atoms with Crippen molar-refractivity contribution in [2.45, 2.75) is 19.6 Å². The molecule has 0 saturated heterocycles. The van der Waals surface area contributed by atoms with Crippen LogP contribution in [-0.2, 0) is 15.8 Å². The lowest BCUT2D eigenvalue weighted by Gasteiger charge is -2.12. The Kier molecular flexibility index (Phi) is 4.29. The average molecular weight is 300 g/mol. The van der Waals surface area contributed by atoms with Gasteiger partial charge in [0, 0.05) is 0 Å². The summed E-state index contributed by atoms with van der Waals surface area (Å²) in [6.07, 6.45) is 0. The van der Waals surface area contributed by atoms with E-state index in [1.54, 1.807) is 30.3 Å². The summed E-state index contributed by atoms with van der Waals surface area (Å²) in [7, 11) is -3.48. The fraction of sp³-hybridized carbons (Fsp3) is 0.188. The van der Waals surface area contributed by atoms with Crippen molar-refractivity contribution in [2.75, 3.05) is 4.72 Å². The molecule has 0 atom stereocenters. The van der Waals surface area contributed by atoms with Crippen LogP contribution in [0.4, 0.5) is 5.69 Å². The molecule has 21 heavy (non-hydrogen) atoms. The zero-order chi connectivity index (χ0) is 15.5. The molecule has 2 aromatic carbocycles. The van der Waals surface area contributed by atoms with Crippen molar-refractivity contribution in [1.29, 1.82) is 5.26 Å². The molecular weight excluding hydrogens is 284 g/mol. The first-order valence-corrected chi connectivity index (χ1v) is 8.12. The summed E-state index contributed by atoms with van der Waals surface area (Å²) >= 11 is 0. The lowest BCUT2D eigenvalue weighted by molar-refractivity contribution is 0.600. The lowest BCUT2D eigenvalue weighted by atomic mass is 10.1. The van der Waals surface area contributed by atoms with Crippen LogP contribution in [0.3, 0.4) is 0 Å². The van der Waals surface area contributed by atoms with Crippen molar-refractivity contribution in [3.05, 3.63) is 64.7 Å². The molecule has 0 radical (unpaired) electrons. The van der Waals surface area contributed by atoms with Gasteiger partial charge in [0.25, 0.3) is 0 Å². The molecule has 0 bridgehead atoms. The quantitative estimate of drug-likeness (QED) is 0.943. The van der Waals surface area contributed by atoms with Gasteiger partial charge in [-0.1, -0.05) is 24.3 Å². The second-order valence-corrected chi connectivity index (χ2v) is 6.64. The molecule has 0 unspecified atom stereocenters. The van der Waals surface area contributed by atoms with Crippen LogP contribution in [0.1, 0.15) is 22.3 Å². The van der Waals surface area contributed by atoms with E-state index in [1.165, 1.54) is 0 Å². The maximum atomic E-state index is 12.2. The highest BCUT2D eigenvalue weighted by Gasteiger charge is 2.13. The molecule has 108 valence electrons. The van der Waals surface area contributed by atoms with E-state index in [1.807, 2.05) is 32.0 Å². The Bertz CT molecular complexity index is 788. The topological polar surface area (TPSA) is 70.0 Å². The first-order valence-electron chi connectivity index (χ1n) is 6.47. The second-order valence-electron chi connectivity index (χ2n) is 4.92. The van der Waals surface area contributed by atoms with Crippen LogP contribution < -0.4 is 4.72 Å². The second kappa shape index (κ2) is 5.98. The molecular formula is C16H16N2O2S. The Morgan fingerprint density at radius 1 is 1.10 bits per heavy atom. The monoisotopic (exact) mass is 300 g/mol. The molecule has 0 aliphatic carbocycles. The SMILES string of the molecule is Cc1cccc(NS(=O)(=O)Cc2ccc(C#N)cc2)c1C. The number of nitrogens with zero attached hydrogens (tertiary/aromatic N) is 1. The van der Waals surface area contributed by atoms with Crippen molar-refractivity contribution in [2.24, 2.45) is 0 Å². The number of nitriles is 1. The fourth-order valence-corrected chi connectivity index (χ4v) is 3.22. The van der Waals surface area contributed by atoms with Gasteiger partial charge in [0.05, 0.1) is 23.1 Å². The Hall–Kier alpha value is -2.32. The van der Waals surface area contributed by atoms with Crippen molar-refractivity contribution in [3.63, 3.8) is 0 Å². The third-order valence-corrected chi connectivity index (χ3v) is 4.55. The molecule has 1 N–H and O–H groups in total. The summed E-state index contributed by atoms with van der Waals surface area (Å²) in [5.41, 5.74) is 3.71. The van der Waals surface area contributed by atoms with Crippen LogP contribution in [0, 0.1) is 25.2 Å². The molecule has 0 aliphatic heterocycles. The highest BCUT2D eigenvalue weighted by atomic mass is 32.2. The molecule has 4 nitrogen and oxygen atoms in total.